The van der Waals surface area contributed by atoms with Crippen LogP contribution in [0.4, 0.5) is 14.5 Å². The van der Waals surface area contributed by atoms with E-state index in [1.54, 1.807) is 0 Å². The van der Waals surface area contributed by atoms with Crippen molar-refractivity contribution in [3.8, 4) is 16.8 Å². The van der Waals surface area contributed by atoms with Crippen LogP contribution in [-0.4, -0.2) is 61.1 Å². The summed E-state index contributed by atoms with van der Waals surface area (Å²) in [6.07, 6.45) is 0. The van der Waals surface area contributed by atoms with Gasteiger partial charge in [-0.3, -0.25) is 4.79 Å². The molecule has 0 unspecified atom stereocenters. The second kappa shape index (κ2) is 10.9. The predicted molar refractivity (Wildman–Crippen MR) is 148 cm³/mol. The lowest BCUT2D eigenvalue weighted by molar-refractivity contribution is 0.0977. The molecular weight excluding hydrogens is 540 g/mol. The molecule has 0 spiro atoms. The molecule has 2 aromatic heterocycles. The number of morpholine rings is 1. The highest BCUT2D eigenvalue weighted by atomic mass is 32.2. The van der Waals surface area contributed by atoms with Crippen LogP contribution in [0.15, 0.2) is 48.5 Å². The van der Waals surface area contributed by atoms with Crippen LogP contribution in [-0.2, 0) is 14.8 Å². The molecule has 3 heterocycles. The van der Waals surface area contributed by atoms with Gasteiger partial charge in [0.1, 0.15) is 5.69 Å². The molecule has 210 valence electrons. The number of benzene rings is 2. The van der Waals surface area contributed by atoms with E-state index in [0.717, 1.165) is 36.5 Å². The molecule has 2 aromatic carbocycles. The SMILES string of the molecule is CCS(=O)(=O)NC(=O)c1cc(-c2ccc(N3CCOCC3)cc2)c2c(C(C)C)nn(-c3ccc(F)c(F)c3)c2n1. The summed E-state index contributed by atoms with van der Waals surface area (Å²) in [5.74, 6) is -3.36. The van der Waals surface area contributed by atoms with Crippen molar-refractivity contribution >= 4 is 32.7 Å². The molecule has 0 saturated carbocycles. The Balaban J connectivity index is 1.73. The number of anilines is 1. The van der Waals surface area contributed by atoms with Gasteiger partial charge in [0, 0.05) is 24.8 Å². The molecule has 1 fully saturated rings. The summed E-state index contributed by atoms with van der Waals surface area (Å²) in [7, 11) is -3.87. The third kappa shape index (κ3) is 5.41. The maximum atomic E-state index is 14.2. The molecule has 0 radical (unpaired) electrons. The Labute approximate surface area is 230 Å². The molecule has 0 bridgehead atoms. The van der Waals surface area contributed by atoms with E-state index in [2.05, 4.69) is 9.88 Å². The number of nitrogens with one attached hydrogen (secondary N) is 1. The number of aromatic nitrogens is 3. The number of hydrogen-bond acceptors (Lipinski definition) is 7. The highest BCUT2D eigenvalue weighted by molar-refractivity contribution is 7.90. The average molecular weight is 570 g/mol. The van der Waals surface area contributed by atoms with Crippen molar-refractivity contribution in [3.63, 3.8) is 0 Å². The first-order valence-electron chi connectivity index (χ1n) is 12.9. The lowest BCUT2D eigenvalue weighted by Crippen LogP contribution is -2.36. The summed E-state index contributed by atoms with van der Waals surface area (Å²) in [4.78, 5) is 19.8. The number of sulfonamides is 1. The van der Waals surface area contributed by atoms with Crippen LogP contribution in [0.1, 0.15) is 42.9 Å². The van der Waals surface area contributed by atoms with Gasteiger partial charge in [0.05, 0.1) is 35.7 Å². The molecule has 4 aromatic rings. The van der Waals surface area contributed by atoms with E-state index >= 15 is 0 Å². The minimum Gasteiger partial charge on any atom is -0.378 e. The van der Waals surface area contributed by atoms with Gasteiger partial charge >= 0.3 is 0 Å². The van der Waals surface area contributed by atoms with E-state index in [0.29, 0.717) is 29.9 Å². The molecular formula is C28H29F2N5O4S. The summed E-state index contributed by atoms with van der Waals surface area (Å²) in [6.45, 7) is 8.13. The number of amides is 1. The summed E-state index contributed by atoms with van der Waals surface area (Å²) in [5, 5.41) is 5.31. The van der Waals surface area contributed by atoms with Gasteiger partial charge < -0.3 is 9.64 Å². The highest BCUT2D eigenvalue weighted by Crippen LogP contribution is 2.36. The van der Waals surface area contributed by atoms with Crippen LogP contribution in [0, 0.1) is 11.6 Å². The third-order valence-corrected chi connectivity index (χ3v) is 8.03. The van der Waals surface area contributed by atoms with E-state index < -0.39 is 27.6 Å². The van der Waals surface area contributed by atoms with Crippen LogP contribution in [0.2, 0.25) is 0 Å². The number of pyridine rings is 1. The van der Waals surface area contributed by atoms with Crippen molar-refractivity contribution in [2.45, 2.75) is 26.7 Å². The standard InChI is InChI=1S/C28H29F2N5O4S/c1-4-40(37,38)33-28(36)24-16-21(18-5-7-19(8-6-18)34-11-13-39-14-12-34)25-26(17(2)3)32-35(27(25)31-24)20-9-10-22(29)23(30)15-20/h5-10,15-17H,4,11-14H2,1-3H3,(H,33,36). The number of fused-ring (bicyclic) bond motifs is 1. The summed E-state index contributed by atoms with van der Waals surface area (Å²) < 4.78 is 61.1. The summed E-state index contributed by atoms with van der Waals surface area (Å²) in [5.41, 5.74) is 3.27. The van der Waals surface area contributed by atoms with Crippen molar-refractivity contribution in [3.05, 3.63) is 71.6 Å². The fourth-order valence-electron chi connectivity index (χ4n) is 4.63. The lowest BCUT2D eigenvalue weighted by Gasteiger charge is -2.29. The normalized spacial score (nSPS) is 14.2. The van der Waals surface area contributed by atoms with Crippen molar-refractivity contribution in [2.24, 2.45) is 0 Å². The first-order chi connectivity index (χ1) is 19.1. The zero-order valence-electron chi connectivity index (χ0n) is 22.3. The number of hydrogen-bond donors (Lipinski definition) is 1. The van der Waals surface area contributed by atoms with Gasteiger partial charge in [-0.1, -0.05) is 26.0 Å². The molecule has 9 nitrogen and oxygen atoms in total. The number of ether oxygens (including phenoxy) is 1. The fourth-order valence-corrected chi connectivity index (χ4v) is 5.16. The second-order valence-electron chi connectivity index (χ2n) is 9.78. The number of carbonyl (C=O) groups is 1. The number of carbonyl (C=O) groups excluding carboxylic acids is 1. The van der Waals surface area contributed by atoms with Gasteiger partial charge in [-0.2, -0.15) is 5.10 Å². The molecule has 40 heavy (non-hydrogen) atoms. The third-order valence-electron chi connectivity index (χ3n) is 6.77. The Morgan fingerprint density at radius 2 is 1.70 bits per heavy atom. The van der Waals surface area contributed by atoms with Crippen molar-refractivity contribution < 1.29 is 26.7 Å². The Kier molecular flexibility index (Phi) is 7.56. The summed E-state index contributed by atoms with van der Waals surface area (Å²) >= 11 is 0. The van der Waals surface area contributed by atoms with Gasteiger partial charge in [0.25, 0.3) is 5.91 Å². The Bertz CT molecular complexity index is 1680. The topological polar surface area (TPSA) is 106 Å². The largest absolute Gasteiger partial charge is 0.378 e. The van der Waals surface area contributed by atoms with Crippen LogP contribution in [0.25, 0.3) is 27.8 Å². The first-order valence-corrected chi connectivity index (χ1v) is 14.6. The second-order valence-corrected chi connectivity index (χ2v) is 11.8. The van der Waals surface area contributed by atoms with Gasteiger partial charge in [-0.05, 0) is 54.3 Å². The minimum absolute atomic E-state index is 0.0950. The Morgan fingerprint density at radius 3 is 2.33 bits per heavy atom. The zero-order chi connectivity index (χ0) is 28.6. The van der Waals surface area contributed by atoms with Crippen LogP contribution in [0.5, 0.6) is 0 Å². The maximum absolute atomic E-state index is 14.2. The highest BCUT2D eigenvalue weighted by Gasteiger charge is 2.25. The molecule has 1 aliphatic rings. The monoisotopic (exact) mass is 569 g/mol. The quantitative estimate of drug-likeness (QED) is 0.352. The number of nitrogens with zero attached hydrogens (tertiary/aromatic N) is 4. The van der Waals surface area contributed by atoms with E-state index in [4.69, 9.17) is 9.84 Å². The smallest absolute Gasteiger partial charge is 0.283 e. The first kappa shape index (κ1) is 27.7. The summed E-state index contributed by atoms with van der Waals surface area (Å²) in [6, 6.07) is 12.7. The van der Waals surface area contributed by atoms with Gasteiger partial charge in [-0.25, -0.2) is 31.6 Å². The zero-order valence-corrected chi connectivity index (χ0v) is 23.1. The predicted octanol–water partition coefficient (Wildman–Crippen LogP) is 4.41. The molecule has 1 amide bonds. The number of rotatable bonds is 7. The molecule has 5 rings (SSSR count). The van der Waals surface area contributed by atoms with Gasteiger partial charge in [-0.15, -0.1) is 0 Å². The van der Waals surface area contributed by atoms with Crippen LogP contribution in [0.3, 0.4) is 0 Å². The van der Waals surface area contributed by atoms with E-state index in [1.165, 1.54) is 23.7 Å². The maximum Gasteiger partial charge on any atom is 0.283 e. The average Bonchev–Trinajstić information content (AvgIpc) is 3.34. The minimum atomic E-state index is -3.87. The molecule has 1 N–H and O–H groups in total. The number of halogens is 2. The Morgan fingerprint density at radius 1 is 1.02 bits per heavy atom. The van der Waals surface area contributed by atoms with E-state index in [-0.39, 0.29) is 28.7 Å². The Hall–Kier alpha value is -3.90. The molecule has 1 aliphatic heterocycles. The fraction of sp³-hybridized carbons (Fsp3) is 0.321. The van der Waals surface area contributed by atoms with Gasteiger partial charge in [0.2, 0.25) is 10.0 Å². The lowest BCUT2D eigenvalue weighted by atomic mass is 9.97. The molecule has 0 aliphatic carbocycles. The van der Waals surface area contributed by atoms with Crippen molar-refractivity contribution in [1.82, 2.24) is 19.5 Å². The van der Waals surface area contributed by atoms with Crippen LogP contribution < -0.4 is 9.62 Å². The van der Waals surface area contributed by atoms with E-state index in [9.17, 15) is 22.0 Å². The van der Waals surface area contributed by atoms with Crippen LogP contribution >= 0.6 is 0 Å². The van der Waals surface area contributed by atoms with Crippen molar-refractivity contribution in [2.75, 3.05) is 37.0 Å². The molecule has 0 atom stereocenters. The van der Waals surface area contributed by atoms with E-state index in [1.807, 2.05) is 42.8 Å². The van der Waals surface area contributed by atoms with Crippen molar-refractivity contribution in [1.29, 1.82) is 0 Å². The molecule has 12 heteroatoms. The molecule has 1 saturated heterocycles. The van der Waals surface area contributed by atoms with Gasteiger partial charge in [0.15, 0.2) is 17.3 Å².